The van der Waals surface area contributed by atoms with Gasteiger partial charge in [0.15, 0.2) is 0 Å². The molecule has 9 heteroatoms. The predicted molar refractivity (Wildman–Crippen MR) is 77.0 cm³/mol. The largest absolute Gasteiger partial charge is 0.462 e. The molecule has 0 amide bonds. The zero-order valence-electron chi connectivity index (χ0n) is 11.2. The summed E-state index contributed by atoms with van der Waals surface area (Å²) >= 11 is 0. The van der Waals surface area contributed by atoms with Crippen LogP contribution in [0.25, 0.3) is 0 Å². The average Bonchev–Trinajstić information content (AvgIpc) is 2.84. The summed E-state index contributed by atoms with van der Waals surface area (Å²) in [4.78, 5) is 1.77. The molecule has 0 bridgehead atoms. The second-order valence-electron chi connectivity index (χ2n) is 4.58. The Kier molecular flexibility index (Phi) is 8.65. The van der Waals surface area contributed by atoms with Crippen LogP contribution in [0.4, 0.5) is 13.2 Å². The van der Waals surface area contributed by atoms with Crippen molar-refractivity contribution in [3.05, 3.63) is 23.7 Å². The van der Waals surface area contributed by atoms with Gasteiger partial charge in [-0.3, -0.25) is 4.90 Å². The van der Waals surface area contributed by atoms with Gasteiger partial charge in [-0.25, -0.2) is 0 Å². The maximum atomic E-state index is 12.7. The molecule has 1 aromatic rings. The number of nitrogens with zero attached hydrogens (tertiary/aromatic N) is 1. The van der Waals surface area contributed by atoms with E-state index in [9.17, 15) is 13.2 Å². The van der Waals surface area contributed by atoms with E-state index in [1.54, 1.807) is 4.90 Å². The van der Waals surface area contributed by atoms with Crippen molar-refractivity contribution in [2.45, 2.75) is 25.2 Å². The number of hydrogen-bond donors (Lipinski definition) is 2. The predicted octanol–water partition coefficient (Wildman–Crippen LogP) is 2.51. The SMILES string of the molecule is Cl.Cl.OCc1ccc([C@H](CC(F)(F)F)N2CCNCC2)o1. The van der Waals surface area contributed by atoms with Crippen LogP contribution in [-0.4, -0.2) is 42.4 Å². The van der Waals surface area contributed by atoms with Crippen LogP contribution in [-0.2, 0) is 6.61 Å². The van der Waals surface area contributed by atoms with E-state index < -0.39 is 18.6 Å². The van der Waals surface area contributed by atoms with Gasteiger partial charge < -0.3 is 14.8 Å². The van der Waals surface area contributed by atoms with Crippen LogP contribution in [0.3, 0.4) is 0 Å². The summed E-state index contributed by atoms with van der Waals surface area (Å²) < 4.78 is 43.4. The fourth-order valence-corrected chi connectivity index (χ4v) is 2.28. The lowest BCUT2D eigenvalue weighted by Gasteiger charge is -2.34. The lowest BCUT2D eigenvalue weighted by Crippen LogP contribution is -2.46. The molecule has 2 heterocycles. The highest BCUT2D eigenvalue weighted by atomic mass is 35.5. The van der Waals surface area contributed by atoms with Gasteiger partial charge in [0.2, 0.25) is 0 Å². The van der Waals surface area contributed by atoms with E-state index >= 15 is 0 Å². The Balaban J connectivity index is 0.00000200. The van der Waals surface area contributed by atoms with E-state index in [0.717, 1.165) is 0 Å². The summed E-state index contributed by atoms with van der Waals surface area (Å²) in [6, 6.07) is 2.22. The molecule has 1 aromatic heterocycles. The molecule has 2 N–H and O–H groups in total. The maximum Gasteiger partial charge on any atom is 0.391 e. The van der Waals surface area contributed by atoms with Gasteiger partial charge in [0.1, 0.15) is 18.1 Å². The van der Waals surface area contributed by atoms with Crippen LogP contribution in [0.2, 0.25) is 0 Å². The van der Waals surface area contributed by atoms with Crippen molar-refractivity contribution in [2.24, 2.45) is 0 Å². The Morgan fingerprint density at radius 1 is 1.24 bits per heavy atom. The minimum atomic E-state index is -4.25. The molecule has 124 valence electrons. The van der Waals surface area contributed by atoms with Crippen LogP contribution < -0.4 is 5.32 Å². The van der Waals surface area contributed by atoms with Gasteiger partial charge in [-0.2, -0.15) is 13.2 Å². The number of piperazine rings is 1. The minimum absolute atomic E-state index is 0. The smallest absolute Gasteiger partial charge is 0.391 e. The molecule has 0 radical (unpaired) electrons. The highest BCUT2D eigenvalue weighted by Gasteiger charge is 2.37. The Morgan fingerprint density at radius 3 is 2.33 bits per heavy atom. The van der Waals surface area contributed by atoms with Crippen molar-refractivity contribution in [2.75, 3.05) is 26.2 Å². The molecular formula is C12H19Cl2F3N2O2. The number of nitrogens with one attached hydrogen (secondary N) is 1. The second-order valence-corrected chi connectivity index (χ2v) is 4.58. The fourth-order valence-electron chi connectivity index (χ4n) is 2.28. The standard InChI is InChI=1S/C12H17F3N2O2.2ClH/c13-12(14,15)7-10(17-5-3-16-4-6-17)11-2-1-9(8-18)19-11;;/h1-2,10,16,18H,3-8H2;2*1H/t10-;;/m0../s1. The van der Waals surface area contributed by atoms with E-state index in [1.165, 1.54) is 12.1 Å². The molecular weight excluding hydrogens is 332 g/mol. The van der Waals surface area contributed by atoms with Crippen LogP contribution in [0, 0.1) is 0 Å². The molecule has 1 atom stereocenters. The number of hydrogen-bond acceptors (Lipinski definition) is 4. The summed E-state index contributed by atoms with van der Waals surface area (Å²) in [6.45, 7) is 2.13. The van der Waals surface area contributed by atoms with Gasteiger partial charge in [-0.05, 0) is 12.1 Å². The van der Waals surface area contributed by atoms with E-state index in [0.29, 0.717) is 26.2 Å². The fraction of sp³-hybridized carbons (Fsp3) is 0.667. The van der Waals surface area contributed by atoms with Crippen molar-refractivity contribution >= 4 is 24.8 Å². The highest BCUT2D eigenvalue weighted by Crippen LogP contribution is 2.34. The molecule has 0 aliphatic carbocycles. The van der Waals surface area contributed by atoms with Gasteiger partial charge in [0.25, 0.3) is 0 Å². The molecule has 0 unspecified atom stereocenters. The summed E-state index contributed by atoms with van der Waals surface area (Å²) in [5, 5.41) is 12.0. The molecule has 21 heavy (non-hydrogen) atoms. The number of furan rings is 1. The first-order valence-electron chi connectivity index (χ1n) is 6.20. The molecule has 2 rings (SSSR count). The van der Waals surface area contributed by atoms with E-state index in [1.807, 2.05) is 0 Å². The van der Waals surface area contributed by atoms with E-state index in [2.05, 4.69) is 5.32 Å². The summed E-state index contributed by atoms with van der Waals surface area (Å²) in [5.41, 5.74) is 0. The third-order valence-electron chi connectivity index (χ3n) is 3.18. The van der Waals surface area contributed by atoms with Crippen molar-refractivity contribution in [3.63, 3.8) is 0 Å². The lowest BCUT2D eigenvalue weighted by atomic mass is 10.1. The van der Waals surface area contributed by atoms with Crippen LogP contribution in [0.15, 0.2) is 16.5 Å². The summed E-state index contributed by atoms with van der Waals surface area (Å²) in [5.74, 6) is 0.556. The third-order valence-corrected chi connectivity index (χ3v) is 3.18. The van der Waals surface area contributed by atoms with Gasteiger partial charge in [0, 0.05) is 26.2 Å². The lowest BCUT2D eigenvalue weighted by molar-refractivity contribution is -0.150. The Morgan fingerprint density at radius 2 is 1.86 bits per heavy atom. The number of alkyl halides is 3. The van der Waals surface area contributed by atoms with E-state index in [4.69, 9.17) is 9.52 Å². The van der Waals surface area contributed by atoms with Crippen LogP contribution in [0.5, 0.6) is 0 Å². The first-order chi connectivity index (χ1) is 8.99. The maximum absolute atomic E-state index is 12.7. The monoisotopic (exact) mass is 350 g/mol. The number of rotatable bonds is 4. The molecule has 0 saturated carbocycles. The molecule has 4 nitrogen and oxygen atoms in total. The Bertz CT molecular complexity index is 409. The van der Waals surface area contributed by atoms with Crippen molar-refractivity contribution < 1.29 is 22.7 Å². The quantitative estimate of drug-likeness (QED) is 0.875. The van der Waals surface area contributed by atoms with Gasteiger partial charge >= 0.3 is 6.18 Å². The topological polar surface area (TPSA) is 48.6 Å². The third kappa shape index (κ3) is 6.04. The Hall–Kier alpha value is -0.470. The van der Waals surface area contributed by atoms with Crippen molar-refractivity contribution in [1.29, 1.82) is 0 Å². The number of aliphatic hydroxyl groups is 1. The molecule has 1 saturated heterocycles. The molecule has 1 aliphatic rings. The first kappa shape index (κ1) is 20.5. The molecule has 0 spiro atoms. The normalized spacial score (nSPS) is 17.7. The number of aliphatic hydroxyl groups excluding tert-OH is 1. The Labute approximate surface area is 133 Å². The zero-order valence-corrected chi connectivity index (χ0v) is 12.9. The van der Waals surface area contributed by atoms with Crippen molar-refractivity contribution in [1.82, 2.24) is 10.2 Å². The van der Waals surface area contributed by atoms with Gasteiger partial charge in [0.05, 0.1) is 12.5 Å². The molecule has 1 fully saturated rings. The highest BCUT2D eigenvalue weighted by molar-refractivity contribution is 5.85. The van der Waals surface area contributed by atoms with Crippen molar-refractivity contribution in [3.8, 4) is 0 Å². The van der Waals surface area contributed by atoms with Crippen LogP contribution in [0.1, 0.15) is 24.0 Å². The first-order valence-corrected chi connectivity index (χ1v) is 6.20. The van der Waals surface area contributed by atoms with Gasteiger partial charge in [-0.1, -0.05) is 0 Å². The molecule has 1 aliphatic heterocycles. The van der Waals surface area contributed by atoms with Gasteiger partial charge in [-0.15, -0.1) is 24.8 Å². The summed E-state index contributed by atoms with van der Waals surface area (Å²) in [6.07, 6.45) is -5.19. The number of halogens is 5. The molecule has 0 aromatic carbocycles. The van der Waals surface area contributed by atoms with E-state index in [-0.39, 0.29) is 42.9 Å². The minimum Gasteiger partial charge on any atom is -0.462 e. The average molecular weight is 351 g/mol. The summed E-state index contributed by atoms with van der Waals surface area (Å²) in [7, 11) is 0. The van der Waals surface area contributed by atoms with Crippen LogP contribution >= 0.6 is 24.8 Å². The second kappa shape index (κ2) is 8.85. The zero-order chi connectivity index (χ0) is 13.9.